The number of rotatable bonds is 5. The van der Waals surface area contributed by atoms with E-state index in [4.69, 9.17) is 0 Å². The van der Waals surface area contributed by atoms with Crippen molar-refractivity contribution in [1.82, 2.24) is 0 Å². The second kappa shape index (κ2) is 18.8. The van der Waals surface area contributed by atoms with Crippen molar-refractivity contribution in [2.75, 3.05) is 14.7 Å². The zero-order valence-electron chi connectivity index (χ0n) is 53.1. The molecule has 3 nitrogen and oxygen atoms in total. The topological polar surface area (TPSA) is 9.72 Å². The number of hydrogen-bond donors (Lipinski definition) is 0. The maximum atomic E-state index is 2.76. The molecule has 1 aromatic heterocycles. The predicted molar refractivity (Wildman–Crippen MR) is 376 cm³/mol. The quantitative estimate of drug-likeness (QED) is 0.159. The van der Waals surface area contributed by atoms with Crippen molar-refractivity contribution in [2.24, 2.45) is 0 Å². The first-order valence-electron chi connectivity index (χ1n) is 31.8. The summed E-state index contributed by atoms with van der Waals surface area (Å²) in [5, 5.41) is 6.90. The van der Waals surface area contributed by atoms with Gasteiger partial charge in [0.05, 0.1) is 11.4 Å². The molecule has 15 rings (SSSR count). The molecule has 0 saturated heterocycles. The summed E-state index contributed by atoms with van der Waals surface area (Å²) in [6.07, 6.45) is 4.62. The van der Waals surface area contributed by atoms with Crippen LogP contribution >= 0.6 is 11.3 Å². The van der Waals surface area contributed by atoms with Crippen LogP contribution in [0, 0.1) is 0 Å². The summed E-state index contributed by atoms with van der Waals surface area (Å²) >= 11 is 2.02. The Morgan fingerprint density at radius 2 is 0.860 bits per heavy atom. The number of nitrogens with zero attached hydrogens (tertiary/aromatic N) is 3. The van der Waals surface area contributed by atoms with Gasteiger partial charge in [-0.2, -0.15) is 0 Å². The van der Waals surface area contributed by atoms with Gasteiger partial charge in [0.2, 0.25) is 0 Å². The van der Waals surface area contributed by atoms with Gasteiger partial charge < -0.3 is 14.7 Å². The van der Waals surface area contributed by atoms with Crippen molar-refractivity contribution in [3.05, 3.63) is 228 Å². The highest BCUT2D eigenvalue weighted by atomic mass is 32.1. The molecule has 4 heterocycles. The third-order valence-corrected chi connectivity index (χ3v) is 27.4. The van der Waals surface area contributed by atoms with Gasteiger partial charge in [0.25, 0.3) is 6.71 Å². The van der Waals surface area contributed by atoms with E-state index in [9.17, 15) is 0 Å². The van der Waals surface area contributed by atoms with Gasteiger partial charge >= 0.3 is 0 Å². The van der Waals surface area contributed by atoms with E-state index in [1.54, 1.807) is 0 Å². The minimum absolute atomic E-state index is 0.00624. The number of fused-ring (bicyclic) bond motifs is 10. The SMILES string of the molecule is CC(C)(C)c1ccc(N2c3cc(N4c5ccccc5[Si](c5ccccc5)(c5ccccc5)c5ccccc54)cc4c3B(c3cc5c(cc3N4c3ccc4c(c3)C(C)(C)CCC4(C)C)C(C)(C)CCC5(C)C)c3sc4ccc(C(C)(C)C)cc4c32)cc1. The summed E-state index contributed by atoms with van der Waals surface area (Å²) in [6, 6.07) is 77.2. The Morgan fingerprint density at radius 3 is 1.42 bits per heavy atom. The highest BCUT2D eigenvalue weighted by Gasteiger charge is 2.52. The molecule has 0 amide bonds. The van der Waals surface area contributed by atoms with Crippen LogP contribution in [0.4, 0.5) is 51.2 Å². The summed E-state index contributed by atoms with van der Waals surface area (Å²) in [7, 11) is -2.93. The predicted octanol–water partition coefficient (Wildman–Crippen LogP) is 17.4. The third-order valence-electron chi connectivity index (χ3n) is 21.3. The van der Waals surface area contributed by atoms with Crippen molar-refractivity contribution < 1.29 is 0 Å². The van der Waals surface area contributed by atoms with Crippen molar-refractivity contribution in [1.29, 1.82) is 0 Å². The number of anilines is 9. The van der Waals surface area contributed by atoms with Gasteiger partial charge in [-0.15, -0.1) is 11.3 Å². The minimum Gasteiger partial charge on any atom is -0.311 e. The van der Waals surface area contributed by atoms with Crippen LogP contribution < -0.4 is 51.1 Å². The molecular formula is C80H82BN3SSi. The van der Waals surface area contributed by atoms with E-state index in [-0.39, 0.29) is 39.2 Å². The number of hydrogen-bond acceptors (Lipinski definition) is 4. The fourth-order valence-corrected chi connectivity index (χ4v) is 22.6. The molecule has 9 aromatic carbocycles. The molecule has 3 aliphatic heterocycles. The molecular weight excluding hydrogens is 1070 g/mol. The molecule has 10 aromatic rings. The number of thiophene rings is 1. The van der Waals surface area contributed by atoms with E-state index in [1.165, 1.54) is 132 Å². The third kappa shape index (κ3) is 8.10. The maximum absolute atomic E-state index is 2.93. The monoisotopic (exact) mass is 1160 g/mol. The summed E-state index contributed by atoms with van der Waals surface area (Å²) in [5.41, 5.74) is 22.6. The lowest BCUT2D eigenvalue weighted by Gasteiger charge is -2.48. The molecule has 0 spiro atoms. The van der Waals surface area contributed by atoms with Crippen molar-refractivity contribution in [3.63, 3.8) is 0 Å². The molecule has 0 unspecified atom stereocenters. The van der Waals surface area contributed by atoms with E-state index in [0.29, 0.717) is 0 Å². The molecule has 0 saturated carbocycles. The van der Waals surface area contributed by atoms with Crippen LogP contribution in [-0.4, -0.2) is 14.8 Å². The van der Waals surface area contributed by atoms with Crippen LogP contribution in [0.2, 0.25) is 0 Å². The maximum Gasteiger partial charge on any atom is 0.264 e. The summed E-state index contributed by atoms with van der Waals surface area (Å²) < 4.78 is 2.75. The Labute approximate surface area is 517 Å². The molecule has 86 heavy (non-hydrogen) atoms. The van der Waals surface area contributed by atoms with Crippen LogP contribution in [0.15, 0.2) is 194 Å². The molecule has 0 bridgehead atoms. The summed E-state index contributed by atoms with van der Waals surface area (Å²) in [5.74, 6) is 0. The van der Waals surface area contributed by atoms with Crippen molar-refractivity contribution in [2.45, 2.75) is 155 Å². The second-order valence-corrected chi connectivity index (χ2v) is 35.5. The van der Waals surface area contributed by atoms with Gasteiger partial charge in [-0.05, 0) is 190 Å². The van der Waals surface area contributed by atoms with Crippen molar-refractivity contribution >= 4 is 124 Å². The lowest BCUT2D eigenvalue weighted by molar-refractivity contribution is 0.332. The van der Waals surface area contributed by atoms with Gasteiger partial charge in [0.1, 0.15) is 0 Å². The van der Waals surface area contributed by atoms with Gasteiger partial charge in [-0.25, -0.2) is 0 Å². The first kappa shape index (κ1) is 55.2. The van der Waals surface area contributed by atoms with Crippen LogP contribution in [0.3, 0.4) is 0 Å². The molecule has 0 N–H and O–H groups in total. The smallest absolute Gasteiger partial charge is 0.264 e. The standard InChI is InChI=1S/C80H82BN3SSi/c1-75(2,3)51-33-36-53(37-34-51)84-68-48-55(83-64-29-21-23-31-70(64)86(56-25-17-15-18-26-56,57-27-19-16-20-28-57)71-32-24-22-30-65(71)83)47-67-72(68)81(74-73(84)58-45-52(76(4,5)6)35-40-69(58)85-74)63-49-61-62(80(13,14)44-43-79(61,11)12)50-66(63)82(67)54-38-39-59-60(46-54)78(9,10)42-41-77(59,7)8/h15-40,45-50H,41-44H2,1-14H3. The zero-order chi connectivity index (χ0) is 59.8. The Balaban J connectivity index is 1.11. The molecule has 0 fully saturated rings. The van der Waals surface area contributed by atoms with Crippen molar-refractivity contribution in [3.8, 4) is 0 Å². The highest BCUT2D eigenvalue weighted by molar-refractivity contribution is 7.33. The van der Waals surface area contributed by atoms with E-state index < -0.39 is 8.07 Å². The van der Waals surface area contributed by atoms with E-state index in [1.807, 2.05) is 11.3 Å². The first-order valence-corrected chi connectivity index (χ1v) is 34.6. The number of para-hydroxylation sites is 2. The van der Waals surface area contributed by atoms with Crippen LogP contribution in [-0.2, 0) is 32.5 Å². The Bertz CT molecular complexity index is 4310. The second-order valence-electron chi connectivity index (χ2n) is 30.6. The first-order chi connectivity index (χ1) is 40.9. The zero-order valence-corrected chi connectivity index (χ0v) is 54.9. The lowest BCUT2D eigenvalue weighted by atomic mass is 9.35. The Hall–Kier alpha value is -7.38. The van der Waals surface area contributed by atoms with E-state index >= 15 is 0 Å². The van der Waals surface area contributed by atoms with E-state index in [2.05, 4.69) is 306 Å². The highest BCUT2D eigenvalue weighted by Crippen LogP contribution is 2.55. The number of benzene rings is 9. The van der Waals surface area contributed by atoms with Gasteiger partial charge in [-0.1, -0.05) is 224 Å². The van der Waals surface area contributed by atoms with E-state index in [0.717, 1.165) is 24.9 Å². The Morgan fingerprint density at radius 1 is 0.395 bits per heavy atom. The molecule has 6 heteroatoms. The fraction of sp³-hybridized carbons (Fsp3) is 0.300. The normalized spacial score (nSPS) is 18.1. The van der Waals surface area contributed by atoms with Crippen LogP contribution in [0.1, 0.15) is 156 Å². The molecule has 5 aliphatic rings. The average molecular weight is 1160 g/mol. The fourth-order valence-electron chi connectivity index (χ4n) is 16.2. The molecule has 2 aliphatic carbocycles. The molecule has 430 valence electrons. The Kier molecular flexibility index (Phi) is 12.1. The van der Waals surface area contributed by atoms with Crippen LogP contribution in [0.25, 0.3) is 10.1 Å². The lowest BCUT2D eigenvalue weighted by Crippen LogP contribution is -2.77. The summed E-state index contributed by atoms with van der Waals surface area (Å²) in [6.45, 7) is 34.0. The van der Waals surface area contributed by atoms with Gasteiger partial charge in [0.15, 0.2) is 8.07 Å². The van der Waals surface area contributed by atoms with Gasteiger partial charge in [-0.3, -0.25) is 0 Å². The average Bonchev–Trinajstić information content (AvgIpc) is 1.05. The van der Waals surface area contributed by atoms with Gasteiger partial charge in [0, 0.05) is 54.7 Å². The largest absolute Gasteiger partial charge is 0.311 e. The minimum atomic E-state index is -2.93. The summed E-state index contributed by atoms with van der Waals surface area (Å²) in [4.78, 5) is 8.14. The van der Waals surface area contributed by atoms with Crippen LogP contribution in [0.5, 0.6) is 0 Å². The molecule has 0 radical (unpaired) electrons. The molecule has 0 atom stereocenters.